The number of anilines is 1. The van der Waals surface area contributed by atoms with E-state index in [1.807, 2.05) is 24.3 Å². The van der Waals surface area contributed by atoms with Gasteiger partial charge in [0.1, 0.15) is 11.8 Å². The molecule has 0 bridgehead atoms. The summed E-state index contributed by atoms with van der Waals surface area (Å²) in [6.45, 7) is 6.64. The van der Waals surface area contributed by atoms with Gasteiger partial charge in [0.05, 0.1) is 13.0 Å². The van der Waals surface area contributed by atoms with Crippen LogP contribution in [0.3, 0.4) is 0 Å². The maximum Gasteiger partial charge on any atom is 0.251 e. The predicted octanol–water partition coefficient (Wildman–Crippen LogP) is 2.92. The van der Waals surface area contributed by atoms with Crippen LogP contribution in [0.4, 0.5) is 5.69 Å². The molecule has 2 aromatic rings. The average molecular weight is 424 g/mol. The van der Waals surface area contributed by atoms with Crippen LogP contribution in [0.1, 0.15) is 44.4 Å². The van der Waals surface area contributed by atoms with Crippen LogP contribution in [-0.2, 0) is 19.8 Å². The fraction of sp³-hybridized carbons (Fsp3) is 0.375. The van der Waals surface area contributed by atoms with Crippen LogP contribution in [0.15, 0.2) is 48.5 Å². The molecule has 0 aliphatic carbocycles. The first kappa shape index (κ1) is 22.3. The average Bonchev–Trinajstić information content (AvgIpc) is 3.18. The molecular formula is C24H29N3O4. The molecule has 1 aliphatic rings. The van der Waals surface area contributed by atoms with Crippen LogP contribution >= 0.6 is 0 Å². The normalized spacial score (nSPS) is 16.9. The van der Waals surface area contributed by atoms with E-state index in [2.05, 4.69) is 36.7 Å². The number of rotatable bonds is 6. The fourth-order valence-electron chi connectivity index (χ4n) is 3.42. The number of carbonyl (C=O) groups excluding carboxylic acids is 3. The summed E-state index contributed by atoms with van der Waals surface area (Å²) in [5.74, 6) is -0.703. The van der Waals surface area contributed by atoms with Crippen LogP contribution < -0.4 is 20.7 Å². The van der Waals surface area contributed by atoms with Gasteiger partial charge in [0.25, 0.3) is 5.91 Å². The van der Waals surface area contributed by atoms with Crippen molar-refractivity contribution in [2.45, 2.75) is 38.6 Å². The summed E-state index contributed by atoms with van der Waals surface area (Å²) in [5.41, 5.74) is 2.43. The summed E-state index contributed by atoms with van der Waals surface area (Å²) in [5, 5.41) is 8.34. The Bertz CT molecular complexity index is 946. The van der Waals surface area contributed by atoms with E-state index in [0.29, 0.717) is 17.0 Å². The number of carbonyl (C=O) groups is 3. The lowest BCUT2D eigenvalue weighted by atomic mass is 9.87. The van der Waals surface area contributed by atoms with Crippen molar-refractivity contribution in [1.29, 1.82) is 0 Å². The van der Waals surface area contributed by atoms with Crippen molar-refractivity contribution in [2.24, 2.45) is 5.92 Å². The van der Waals surface area contributed by atoms with E-state index in [9.17, 15) is 14.4 Å². The summed E-state index contributed by atoms with van der Waals surface area (Å²) in [7, 11) is 1.56. The predicted molar refractivity (Wildman–Crippen MR) is 119 cm³/mol. The Morgan fingerprint density at radius 1 is 1.06 bits per heavy atom. The van der Waals surface area contributed by atoms with Crippen LogP contribution in [-0.4, -0.2) is 31.4 Å². The maximum atomic E-state index is 13.1. The van der Waals surface area contributed by atoms with Crippen LogP contribution in [0.25, 0.3) is 0 Å². The minimum atomic E-state index is -0.906. The standard InChI is InChI=1S/C24H29N3O4/c1-24(2,3)17-7-9-18(10-8-17)26-23(30)21(15-5-11-19(31-4)12-6-15)27-22(29)16-13-20(28)25-14-16/h5-12,16,21H,13-14H2,1-4H3,(H,25,28)(H,26,30)(H,27,29)/t16-,21+/m0/s1. The molecule has 1 heterocycles. The lowest BCUT2D eigenvalue weighted by molar-refractivity contribution is -0.129. The third kappa shape index (κ3) is 5.63. The second kappa shape index (κ2) is 9.20. The Morgan fingerprint density at radius 2 is 1.71 bits per heavy atom. The zero-order chi connectivity index (χ0) is 22.6. The van der Waals surface area contributed by atoms with Crippen molar-refractivity contribution in [3.05, 3.63) is 59.7 Å². The minimum Gasteiger partial charge on any atom is -0.497 e. The Hall–Kier alpha value is -3.35. The number of benzene rings is 2. The number of nitrogens with one attached hydrogen (secondary N) is 3. The molecule has 0 aromatic heterocycles. The lowest BCUT2D eigenvalue weighted by Gasteiger charge is -2.22. The van der Waals surface area contributed by atoms with Crippen LogP contribution in [0.5, 0.6) is 5.75 Å². The molecule has 0 unspecified atom stereocenters. The van der Waals surface area contributed by atoms with E-state index in [1.54, 1.807) is 31.4 Å². The monoisotopic (exact) mass is 423 g/mol. The molecule has 7 nitrogen and oxygen atoms in total. The van der Waals surface area contributed by atoms with E-state index in [1.165, 1.54) is 0 Å². The number of ether oxygens (including phenoxy) is 1. The Balaban J connectivity index is 1.79. The highest BCUT2D eigenvalue weighted by Gasteiger charge is 2.31. The van der Waals surface area contributed by atoms with Gasteiger partial charge in [0.15, 0.2) is 0 Å². The molecular weight excluding hydrogens is 394 g/mol. The van der Waals surface area contributed by atoms with Gasteiger partial charge in [0.2, 0.25) is 11.8 Å². The van der Waals surface area contributed by atoms with Crippen molar-refractivity contribution in [3.63, 3.8) is 0 Å². The first-order valence-electron chi connectivity index (χ1n) is 10.3. The highest BCUT2D eigenvalue weighted by atomic mass is 16.5. The number of amides is 3. The molecule has 0 saturated carbocycles. The quantitative estimate of drug-likeness (QED) is 0.666. The van der Waals surface area contributed by atoms with Crippen molar-refractivity contribution in [2.75, 3.05) is 19.0 Å². The fourth-order valence-corrected chi connectivity index (χ4v) is 3.42. The largest absolute Gasteiger partial charge is 0.497 e. The topological polar surface area (TPSA) is 96.5 Å². The third-order valence-electron chi connectivity index (χ3n) is 5.36. The number of hydrogen-bond donors (Lipinski definition) is 3. The van der Waals surface area contributed by atoms with Gasteiger partial charge in [-0.15, -0.1) is 0 Å². The molecule has 3 rings (SSSR count). The van der Waals surface area contributed by atoms with E-state index in [0.717, 1.165) is 5.56 Å². The first-order valence-corrected chi connectivity index (χ1v) is 10.3. The number of hydrogen-bond acceptors (Lipinski definition) is 4. The van der Waals surface area contributed by atoms with Crippen LogP contribution in [0, 0.1) is 5.92 Å². The highest BCUT2D eigenvalue weighted by Crippen LogP contribution is 2.25. The Morgan fingerprint density at radius 3 is 2.23 bits per heavy atom. The van der Waals surface area contributed by atoms with Gasteiger partial charge >= 0.3 is 0 Å². The summed E-state index contributed by atoms with van der Waals surface area (Å²) in [6.07, 6.45) is 0.122. The summed E-state index contributed by atoms with van der Waals surface area (Å²) in [4.78, 5) is 37.3. The van der Waals surface area contributed by atoms with E-state index >= 15 is 0 Å². The number of methoxy groups -OCH3 is 1. The third-order valence-corrected chi connectivity index (χ3v) is 5.36. The van der Waals surface area contributed by atoms with Crippen LogP contribution in [0.2, 0.25) is 0 Å². The lowest BCUT2D eigenvalue weighted by Crippen LogP contribution is -2.40. The summed E-state index contributed by atoms with van der Waals surface area (Å²) < 4.78 is 5.18. The molecule has 1 fully saturated rings. The second-order valence-corrected chi connectivity index (χ2v) is 8.74. The molecule has 0 spiro atoms. The van der Waals surface area contributed by atoms with Gasteiger partial charge in [-0.05, 0) is 40.8 Å². The zero-order valence-corrected chi connectivity index (χ0v) is 18.3. The maximum absolute atomic E-state index is 13.1. The van der Waals surface area contributed by atoms with Crippen molar-refractivity contribution in [3.8, 4) is 5.75 Å². The van der Waals surface area contributed by atoms with E-state index in [4.69, 9.17) is 4.74 Å². The van der Waals surface area contributed by atoms with E-state index < -0.39 is 12.0 Å². The summed E-state index contributed by atoms with van der Waals surface area (Å²) in [6, 6.07) is 13.7. The molecule has 164 valence electrons. The smallest absolute Gasteiger partial charge is 0.251 e. The summed E-state index contributed by atoms with van der Waals surface area (Å²) >= 11 is 0. The van der Waals surface area contributed by atoms with Gasteiger partial charge in [-0.25, -0.2) is 0 Å². The van der Waals surface area contributed by atoms with Gasteiger partial charge in [-0.1, -0.05) is 45.0 Å². The van der Waals surface area contributed by atoms with Crippen molar-refractivity contribution >= 4 is 23.4 Å². The minimum absolute atomic E-state index is 0.00883. The Labute approximate surface area is 182 Å². The molecule has 3 amide bonds. The zero-order valence-electron chi connectivity index (χ0n) is 18.3. The van der Waals surface area contributed by atoms with Gasteiger partial charge < -0.3 is 20.7 Å². The molecule has 0 radical (unpaired) electrons. The molecule has 3 N–H and O–H groups in total. The van der Waals surface area contributed by atoms with Gasteiger partial charge in [0, 0.05) is 18.7 Å². The molecule has 2 atom stereocenters. The van der Waals surface area contributed by atoms with Gasteiger partial charge in [-0.2, -0.15) is 0 Å². The van der Waals surface area contributed by atoms with Crippen molar-refractivity contribution < 1.29 is 19.1 Å². The highest BCUT2D eigenvalue weighted by molar-refractivity contribution is 5.99. The van der Waals surface area contributed by atoms with Gasteiger partial charge in [-0.3, -0.25) is 14.4 Å². The molecule has 1 aliphatic heterocycles. The first-order chi connectivity index (χ1) is 14.7. The molecule has 7 heteroatoms. The SMILES string of the molecule is COc1ccc([C@@H](NC(=O)[C@@H]2CNC(=O)C2)C(=O)Nc2ccc(C(C)(C)C)cc2)cc1. The Kier molecular flexibility index (Phi) is 6.63. The molecule has 2 aromatic carbocycles. The molecule has 1 saturated heterocycles. The second-order valence-electron chi connectivity index (χ2n) is 8.74. The van der Waals surface area contributed by atoms with Crippen molar-refractivity contribution in [1.82, 2.24) is 10.6 Å². The molecule has 31 heavy (non-hydrogen) atoms. The van der Waals surface area contributed by atoms with E-state index in [-0.39, 0.29) is 36.1 Å².